The predicted molar refractivity (Wildman–Crippen MR) is 75.2 cm³/mol. The summed E-state index contributed by atoms with van der Waals surface area (Å²) in [5.74, 6) is 5.85. The van der Waals surface area contributed by atoms with Crippen LogP contribution in [-0.4, -0.2) is 21.3 Å². The smallest absolute Gasteiger partial charge is 0.347 e. The molecule has 0 saturated carbocycles. The fraction of sp³-hybridized carbons (Fsp3) is 0.286. The maximum Gasteiger partial charge on any atom is 0.347 e. The highest BCUT2D eigenvalue weighted by molar-refractivity contribution is 7.10. The van der Waals surface area contributed by atoms with Crippen molar-refractivity contribution in [1.29, 1.82) is 0 Å². The van der Waals surface area contributed by atoms with Crippen molar-refractivity contribution in [3.05, 3.63) is 50.3 Å². The van der Waals surface area contributed by atoms with E-state index in [1.54, 1.807) is 28.3 Å². The van der Waals surface area contributed by atoms with E-state index < -0.39 is 0 Å². The first-order valence-electron chi connectivity index (χ1n) is 5.89. The highest BCUT2D eigenvalue weighted by Gasteiger charge is 2.02. The number of nitrogens with zero attached hydrogens (tertiary/aromatic N) is 2. The first-order chi connectivity index (χ1) is 9.19. The Balaban J connectivity index is 2.14. The molecule has 0 amide bonds. The second kappa shape index (κ2) is 6.32. The molecule has 0 saturated heterocycles. The molecule has 0 fully saturated rings. The maximum atomic E-state index is 11.6. The van der Waals surface area contributed by atoms with Crippen LogP contribution in [0.2, 0.25) is 0 Å². The fourth-order valence-electron chi connectivity index (χ4n) is 1.60. The van der Waals surface area contributed by atoms with E-state index >= 15 is 0 Å². The number of hydrogen-bond acceptors (Lipinski definition) is 4. The van der Waals surface area contributed by atoms with Crippen LogP contribution in [0, 0.1) is 18.8 Å². The minimum atomic E-state index is -0.244. The summed E-state index contributed by atoms with van der Waals surface area (Å²) in [4.78, 5) is 16.5. The van der Waals surface area contributed by atoms with Crippen LogP contribution < -0.4 is 5.69 Å². The van der Waals surface area contributed by atoms with E-state index in [1.807, 2.05) is 18.4 Å². The molecule has 0 aliphatic rings. The van der Waals surface area contributed by atoms with E-state index in [2.05, 4.69) is 16.8 Å². The molecule has 98 valence electrons. The Bertz CT molecular complexity index is 676. The molecule has 0 radical (unpaired) electrons. The lowest BCUT2D eigenvalue weighted by molar-refractivity contribution is 0.305. The van der Waals surface area contributed by atoms with Gasteiger partial charge in [-0.05, 0) is 18.6 Å². The molecule has 2 heterocycles. The third kappa shape index (κ3) is 3.78. The molecule has 0 aliphatic carbocycles. The van der Waals surface area contributed by atoms with Crippen molar-refractivity contribution in [2.45, 2.75) is 19.9 Å². The van der Waals surface area contributed by atoms with Gasteiger partial charge in [0.05, 0.1) is 13.2 Å². The molecule has 2 rings (SSSR count). The average molecular weight is 274 g/mol. The Morgan fingerprint density at radius 2 is 2.37 bits per heavy atom. The van der Waals surface area contributed by atoms with Crippen LogP contribution in [0.25, 0.3) is 0 Å². The normalized spacial score (nSPS) is 10.0. The fourth-order valence-corrected chi connectivity index (χ4v) is 2.41. The van der Waals surface area contributed by atoms with Crippen molar-refractivity contribution in [3.8, 4) is 11.8 Å². The molecule has 0 spiro atoms. The highest BCUT2D eigenvalue weighted by Crippen LogP contribution is 2.14. The first-order valence-corrected chi connectivity index (χ1v) is 6.77. The summed E-state index contributed by atoms with van der Waals surface area (Å²) < 4.78 is 1.59. The average Bonchev–Trinajstić information content (AvgIpc) is 2.82. The summed E-state index contributed by atoms with van der Waals surface area (Å²) in [5.41, 5.74) is 1.63. The topological polar surface area (TPSA) is 55.1 Å². The van der Waals surface area contributed by atoms with Crippen LogP contribution in [0.5, 0.6) is 0 Å². The second-order valence-corrected chi connectivity index (χ2v) is 5.11. The second-order valence-electron chi connectivity index (χ2n) is 4.12. The van der Waals surface area contributed by atoms with Crippen LogP contribution in [0.1, 0.15) is 22.4 Å². The van der Waals surface area contributed by atoms with Gasteiger partial charge in [0.1, 0.15) is 0 Å². The summed E-state index contributed by atoms with van der Waals surface area (Å²) in [5, 5.41) is 10.6. The van der Waals surface area contributed by atoms with Gasteiger partial charge >= 0.3 is 5.69 Å². The molecule has 0 aromatic carbocycles. The van der Waals surface area contributed by atoms with Gasteiger partial charge in [-0.2, -0.15) is 0 Å². The molecule has 2 aromatic rings. The highest BCUT2D eigenvalue weighted by atomic mass is 32.1. The SMILES string of the molecule is Cc1cnc(=O)n(Cc2cc(C#CCCO)cs2)c1. The Labute approximate surface area is 115 Å². The Morgan fingerprint density at radius 3 is 3.16 bits per heavy atom. The Hall–Kier alpha value is -1.90. The largest absolute Gasteiger partial charge is 0.395 e. The van der Waals surface area contributed by atoms with Crippen LogP contribution in [0.4, 0.5) is 0 Å². The van der Waals surface area contributed by atoms with Crippen LogP contribution in [-0.2, 0) is 6.54 Å². The van der Waals surface area contributed by atoms with Gasteiger partial charge in [0.15, 0.2) is 0 Å². The van der Waals surface area contributed by atoms with Crippen LogP contribution in [0.3, 0.4) is 0 Å². The molecule has 0 bridgehead atoms. The lowest BCUT2D eigenvalue weighted by Gasteiger charge is -2.02. The van der Waals surface area contributed by atoms with Crippen LogP contribution >= 0.6 is 11.3 Å². The van der Waals surface area contributed by atoms with Crippen molar-refractivity contribution in [2.24, 2.45) is 0 Å². The van der Waals surface area contributed by atoms with Gasteiger partial charge in [-0.25, -0.2) is 9.78 Å². The summed E-state index contributed by atoms with van der Waals surface area (Å²) in [6, 6.07) is 1.96. The molecular formula is C14H14N2O2S. The number of aryl methyl sites for hydroxylation is 1. The van der Waals surface area contributed by atoms with Crippen molar-refractivity contribution >= 4 is 11.3 Å². The summed E-state index contributed by atoms with van der Waals surface area (Å²) in [6.07, 6.45) is 3.84. The molecule has 19 heavy (non-hydrogen) atoms. The van der Waals surface area contributed by atoms with Gasteiger partial charge in [-0.3, -0.25) is 4.57 Å². The number of aliphatic hydroxyl groups excluding tert-OH is 1. The summed E-state index contributed by atoms with van der Waals surface area (Å²) >= 11 is 1.56. The van der Waals surface area contributed by atoms with E-state index in [-0.39, 0.29) is 12.3 Å². The van der Waals surface area contributed by atoms with Gasteiger partial charge < -0.3 is 5.11 Å². The molecule has 1 N–H and O–H groups in total. The van der Waals surface area contributed by atoms with Gasteiger partial charge in [-0.15, -0.1) is 11.3 Å². The molecule has 0 unspecified atom stereocenters. The molecular weight excluding hydrogens is 260 g/mol. The monoisotopic (exact) mass is 274 g/mol. The van der Waals surface area contributed by atoms with Gasteiger partial charge in [0.2, 0.25) is 0 Å². The molecule has 0 atom stereocenters. The predicted octanol–water partition coefficient (Wildman–Crippen LogP) is 1.40. The summed E-state index contributed by atoms with van der Waals surface area (Å²) in [7, 11) is 0. The number of aliphatic hydroxyl groups is 1. The quantitative estimate of drug-likeness (QED) is 0.861. The lowest BCUT2D eigenvalue weighted by atomic mass is 10.3. The van der Waals surface area contributed by atoms with E-state index in [0.717, 1.165) is 16.0 Å². The molecule has 4 nitrogen and oxygen atoms in total. The standard InChI is InChI=1S/C14H14N2O2S/c1-11-7-15-14(18)16(8-11)9-13-6-12(10-19-13)4-2-3-5-17/h6-8,10,17H,3,5,9H2,1H3. The van der Waals surface area contributed by atoms with Crippen molar-refractivity contribution in [2.75, 3.05) is 6.61 Å². The van der Waals surface area contributed by atoms with Crippen molar-refractivity contribution in [1.82, 2.24) is 9.55 Å². The zero-order valence-electron chi connectivity index (χ0n) is 10.6. The number of rotatable bonds is 3. The zero-order chi connectivity index (χ0) is 13.7. The Kier molecular flexibility index (Phi) is 4.50. The number of thiophene rings is 1. The van der Waals surface area contributed by atoms with Crippen LogP contribution in [0.15, 0.2) is 28.6 Å². The molecule has 2 aromatic heterocycles. The minimum Gasteiger partial charge on any atom is -0.395 e. The van der Waals surface area contributed by atoms with Gasteiger partial charge in [-0.1, -0.05) is 11.8 Å². The van der Waals surface area contributed by atoms with Crippen molar-refractivity contribution < 1.29 is 5.11 Å². The number of aromatic nitrogens is 2. The van der Waals surface area contributed by atoms with E-state index in [0.29, 0.717) is 13.0 Å². The van der Waals surface area contributed by atoms with E-state index in [1.165, 1.54) is 0 Å². The lowest BCUT2D eigenvalue weighted by Crippen LogP contribution is -2.22. The molecule has 0 aliphatic heterocycles. The van der Waals surface area contributed by atoms with E-state index in [4.69, 9.17) is 5.11 Å². The number of hydrogen-bond donors (Lipinski definition) is 1. The Morgan fingerprint density at radius 1 is 1.53 bits per heavy atom. The van der Waals surface area contributed by atoms with E-state index in [9.17, 15) is 4.79 Å². The van der Waals surface area contributed by atoms with Gasteiger partial charge in [0, 0.05) is 34.6 Å². The third-order valence-electron chi connectivity index (χ3n) is 2.43. The first kappa shape index (κ1) is 13.5. The summed E-state index contributed by atoms with van der Waals surface area (Å²) in [6.45, 7) is 2.50. The maximum absolute atomic E-state index is 11.6. The zero-order valence-corrected chi connectivity index (χ0v) is 11.4. The third-order valence-corrected chi connectivity index (χ3v) is 3.35. The van der Waals surface area contributed by atoms with Crippen molar-refractivity contribution in [3.63, 3.8) is 0 Å². The minimum absolute atomic E-state index is 0.0777. The molecule has 5 heteroatoms. The van der Waals surface area contributed by atoms with Gasteiger partial charge in [0.25, 0.3) is 0 Å².